The molecule has 7 heteroatoms. The average Bonchev–Trinajstić information content (AvgIpc) is 3.15. The fourth-order valence-corrected chi connectivity index (χ4v) is 3.21. The highest BCUT2D eigenvalue weighted by Crippen LogP contribution is 2.22. The number of benzene rings is 1. The molecule has 0 atom stereocenters. The molecule has 26 heavy (non-hydrogen) atoms. The minimum absolute atomic E-state index is 0.631. The van der Waals surface area contributed by atoms with E-state index in [4.69, 9.17) is 5.10 Å². The van der Waals surface area contributed by atoms with E-state index >= 15 is 0 Å². The van der Waals surface area contributed by atoms with Crippen molar-refractivity contribution in [2.24, 2.45) is 7.05 Å². The van der Waals surface area contributed by atoms with Gasteiger partial charge in [0.05, 0.1) is 17.7 Å². The summed E-state index contributed by atoms with van der Waals surface area (Å²) in [6.45, 7) is 6.86. The van der Waals surface area contributed by atoms with Crippen LogP contribution in [0.3, 0.4) is 0 Å². The number of para-hydroxylation sites is 1. The Hall–Kier alpha value is -3.22. The van der Waals surface area contributed by atoms with Crippen molar-refractivity contribution in [1.29, 1.82) is 0 Å². The molecule has 4 aromatic rings. The highest BCUT2D eigenvalue weighted by Gasteiger charge is 2.15. The van der Waals surface area contributed by atoms with E-state index in [0.29, 0.717) is 6.54 Å². The number of aromatic nitrogens is 6. The van der Waals surface area contributed by atoms with Gasteiger partial charge in [-0.15, -0.1) is 0 Å². The average molecular weight is 347 g/mol. The van der Waals surface area contributed by atoms with E-state index in [9.17, 15) is 0 Å². The monoisotopic (exact) mass is 347 g/mol. The number of hydrogen-bond acceptors (Lipinski definition) is 5. The largest absolute Gasteiger partial charge is 0.364 e. The second kappa shape index (κ2) is 6.25. The highest BCUT2D eigenvalue weighted by atomic mass is 15.3. The van der Waals surface area contributed by atoms with E-state index < -0.39 is 0 Å². The molecule has 0 aliphatic carbocycles. The lowest BCUT2D eigenvalue weighted by molar-refractivity contribution is 0.826. The Labute approximate surface area is 151 Å². The first-order chi connectivity index (χ1) is 12.6. The van der Waals surface area contributed by atoms with E-state index in [1.807, 2.05) is 35.4 Å². The van der Waals surface area contributed by atoms with Crippen LogP contribution in [-0.2, 0) is 13.6 Å². The molecule has 0 fully saturated rings. The van der Waals surface area contributed by atoms with Gasteiger partial charge in [0.2, 0.25) is 0 Å². The Morgan fingerprint density at radius 2 is 1.85 bits per heavy atom. The van der Waals surface area contributed by atoms with Gasteiger partial charge in [0.25, 0.3) is 0 Å². The Balaban J connectivity index is 1.66. The summed E-state index contributed by atoms with van der Waals surface area (Å²) in [6, 6.07) is 8.27. The number of nitrogens with one attached hydrogen (secondary N) is 1. The van der Waals surface area contributed by atoms with Crippen molar-refractivity contribution >= 4 is 17.0 Å². The summed E-state index contributed by atoms with van der Waals surface area (Å²) in [7, 11) is 1.92. The molecule has 0 spiro atoms. The van der Waals surface area contributed by atoms with E-state index in [-0.39, 0.29) is 0 Å². The number of rotatable bonds is 4. The zero-order valence-corrected chi connectivity index (χ0v) is 15.4. The second-order valence-corrected chi connectivity index (χ2v) is 6.45. The molecule has 0 bridgehead atoms. The Morgan fingerprint density at radius 3 is 2.65 bits per heavy atom. The third kappa shape index (κ3) is 2.61. The van der Waals surface area contributed by atoms with Crippen LogP contribution in [0.1, 0.15) is 22.5 Å². The molecule has 4 rings (SSSR count). The molecule has 132 valence electrons. The molecule has 0 saturated carbocycles. The Morgan fingerprint density at radius 1 is 1.04 bits per heavy atom. The van der Waals surface area contributed by atoms with Crippen LogP contribution in [0.4, 0.5) is 5.82 Å². The Kier molecular flexibility index (Phi) is 3.91. The molecule has 3 heterocycles. The van der Waals surface area contributed by atoms with Crippen molar-refractivity contribution in [3.63, 3.8) is 0 Å². The molecule has 0 radical (unpaired) electrons. The smallest absolute Gasteiger partial charge is 0.165 e. The summed E-state index contributed by atoms with van der Waals surface area (Å²) in [5.74, 6) is 0.734. The molecule has 0 aliphatic heterocycles. The van der Waals surface area contributed by atoms with Crippen LogP contribution in [-0.4, -0.2) is 29.3 Å². The standard InChI is InChI=1S/C19H21N7/c1-12-7-5-6-8-16(12)26-14(3)15(13(2)24-26)9-20-18-17-19(22-10-21-18)25(4)11-23-17/h5-8,10-11H,9H2,1-4H3,(H,20,21,22). The predicted molar refractivity (Wildman–Crippen MR) is 101 cm³/mol. The highest BCUT2D eigenvalue weighted by molar-refractivity contribution is 5.82. The fraction of sp³-hybridized carbons (Fsp3) is 0.263. The van der Waals surface area contributed by atoms with Crippen molar-refractivity contribution < 1.29 is 0 Å². The lowest BCUT2D eigenvalue weighted by atomic mass is 10.1. The van der Waals surface area contributed by atoms with Gasteiger partial charge in [0, 0.05) is 24.8 Å². The minimum Gasteiger partial charge on any atom is -0.364 e. The lowest BCUT2D eigenvalue weighted by Crippen LogP contribution is -2.06. The van der Waals surface area contributed by atoms with Gasteiger partial charge in [-0.25, -0.2) is 19.6 Å². The second-order valence-electron chi connectivity index (χ2n) is 6.45. The summed E-state index contributed by atoms with van der Waals surface area (Å²) < 4.78 is 3.90. The molecule has 7 nitrogen and oxygen atoms in total. The van der Waals surface area contributed by atoms with E-state index in [2.05, 4.69) is 46.2 Å². The van der Waals surface area contributed by atoms with Crippen molar-refractivity contribution in [1.82, 2.24) is 29.3 Å². The maximum atomic E-state index is 4.74. The van der Waals surface area contributed by atoms with Crippen LogP contribution in [0, 0.1) is 20.8 Å². The van der Waals surface area contributed by atoms with E-state index in [1.54, 1.807) is 12.7 Å². The number of imidazole rings is 1. The predicted octanol–water partition coefficient (Wildman–Crippen LogP) is 3.09. The SMILES string of the molecule is Cc1ccccc1-n1nc(C)c(CNc2ncnc3c2ncn3C)c1C. The van der Waals surface area contributed by atoms with Gasteiger partial charge in [-0.05, 0) is 32.4 Å². The number of anilines is 1. The topological polar surface area (TPSA) is 73.5 Å². The summed E-state index contributed by atoms with van der Waals surface area (Å²) in [5.41, 5.74) is 7.18. The van der Waals surface area contributed by atoms with E-state index in [0.717, 1.165) is 39.6 Å². The minimum atomic E-state index is 0.631. The number of fused-ring (bicyclic) bond motifs is 1. The van der Waals surface area contributed by atoms with Crippen LogP contribution >= 0.6 is 0 Å². The van der Waals surface area contributed by atoms with Crippen LogP contribution < -0.4 is 5.32 Å². The van der Waals surface area contributed by atoms with Crippen LogP contribution in [0.5, 0.6) is 0 Å². The van der Waals surface area contributed by atoms with Crippen molar-refractivity contribution in [3.05, 3.63) is 59.4 Å². The van der Waals surface area contributed by atoms with E-state index in [1.165, 1.54) is 5.56 Å². The summed E-state index contributed by atoms with van der Waals surface area (Å²) in [4.78, 5) is 13.0. The summed E-state index contributed by atoms with van der Waals surface area (Å²) >= 11 is 0. The van der Waals surface area contributed by atoms with Crippen LogP contribution in [0.25, 0.3) is 16.9 Å². The number of nitrogens with zero attached hydrogens (tertiary/aromatic N) is 6. The molecular weight excluding hydrogens is 326 g/mol. The van der Waals surface area contributed by atoms with Gasteiger partial charge in [0.15, 0.2) is 11.5 Å². The van der Waals surface area contributed by atoms with Gasteiger partial charge in [-0.2, -0.15) is 5.10 Å². The molecule has 0 saturated heterocycles. The third-order valence-electron chi connectivity index (χ3n) is 4.71. The first-order valence-electron chi connectivity index (χ1n) is 8.53. The van der Waals surface area contributed by atoms with Crippen LogP contribution in [0.2, 0.25) is 0 Å². The first-order valence-corrected chi connectivity index (χ1v) is 8.53. The van der Waals surface area contributed by atoms with Crippen molar-refractivity contribution in [3.8, 4) is 5.69 Å². The van der Waals surface area contributed by atoms with Gasteiger partial charge < -0.3 is 9.88 Å². The normalized spacial score (nSPS) is 11.2. The van der Waals surface area contributed by atoms with Gasteiger partial charge >= 0.3 is 0 Å². The van der Waals surface area contributed by atoms with Gasteiger partial charge in [0.1, 0.15) is 11.8 Å². The maximum Gasteiger partial charge on any atom is 0.165 e. The quantitative estimate of drug-likeness (QED) is 0.614. The molecule has 0 aliphatic rings. The van der Waals surface area contributed by atoms with Crippen molar-refractivity contribution in [2.75, 3.05) is 5.32 Å². The van der Waals surface area contributed by atoms with Gasteiger partial charge in [-0.1, -0.05) is 18.2 Å². The molecule has 3 aromatic heterocycles. The lowest BCUT2D eigenvalue weighted by Gasteiger charge is -2.09. The summed E-state index contributed by atoms with van der Waals surface area (Å²) in [6.07, 6.45) is 3.31. The zero-order chi connectivity index (χ0) is 18.3. The Bertz CT molecular complexity index is 1090. The number of hydrogen-bond donors (Lipinski definition) is 1. The molecule has 0 unspecified atom stereocenters. The van der Waals surface area contributed by atoms with Gasteiger partial charge in [-0.3, -0.25) is 0 Å². The molecular formula is C19H21N7. The van der Waals surface area contributed by atoms with Crippen LogP contribution in [0.15, 0.2) is 36.9 Å². The number of aryl methyl sites for hydroxylation is 3. The maximum absolute atomic E-state index is 4.74. The summed E-state index contributed by atoms with van der Waals surface area (Å²) in [5, 5.41) is 8.14. The molecule has 0 amide bonds. The molecule has 1 N–H and O–H groups in total. The fourth-order valence-electron chi connectivity index (χ4n) is 3.21. The third-order valence-corrected chi connectivity index (χ3v) is 4.71. The molecule has 1 aromatic carbocycles. The zero-order valence-electron chi connectivity index (χ0n) is 15.4. The van der Waals surface area contributed by atoms with Crippen molar-refractivity contribution in [2.45, 2.75) is 27.3 Å². The first kappa shape index (κ1) is 16.3.